The summed E-state index contributed by atoms with van der Waals surface area (Å²) >= 11 is 0. The van der Waals surface area contributed by atoms with E-state index in [9.17, 15) is 0 Å². The fraction of sp³-hybridized carbons (Fsp3) is 1.00. The molecule has 1 nitrogen and oxygen atoms in total. The predicted octanol–water partition coefficient (Wildman–Crippen LogP) is 1.39. The number of fused-ring (bicyclic) bond motifs is 1. The Hall–Kier alpha value is -0.0400. The molecule has 2 fully saturated rings. The third-order valence-electron chi connectivity index (χ3n) is 2.71. The molecule has 0 amide bonds. The molecule has 1 heterocycles. The van der Waals surface area contributed by atoms with Crippen LogP contribution < -0.4 is 5.32 Å². The van der Waals surface area contributed by atoms with Crippen LogP contribution >= 0.6 is 0 Å². The standard InChI is InChI=1S/C8H15N/c1-5(2)7-3-6-4-8(6)9-7/h5-9H,3-4H2,1-2H3/t6-,7-,8+/m1/s1. The van der Waals surface area contributed by atoms with Gasteiger partial charge in [0.25, 0.3) is 0 Å². The molecule has 0 unspecified atom stereocenters. The smallest absolute Gasteiger partial charge is 0.0102 e. The van der Waals surface area contributed by atoms with Crippen LogP contribution in [0.1, 0.15) is 26.7 Å². The summed E-state index contributed by atoms with van der Waals surface area (Å²) < 4.78 is 0. The predicted molar refractivity (Wildman–Crippen MR) is 38.3 cm³/mol. The number of rotatable bonds is 1. The summed E-state index contributed by atoms with van der Waals surface area (Å²) in [6.45, 7) is 4.62. The van der Waals surface area contributed by atoms with Gasteiger partial charge in [-0.3, -0.25) is 0 Å². The number of hydrogen-bond donors (Lipinski definition) is 1. The molecule has 1 saturated heterocycles. The van der Waals surface area contributed by atoms with Crippen molar-refractivity contribution >= 4 is 0 Å². The van der Waals surface area contributed by atoms with Crippen molar-refractivity contribution in [3.63, 3.8) is 0 Å². The second-order valence-electron chi connectivity index (χ2n) is 3.86. The zero-order valence-electron chi connectivity index (χ0n) is 6.22. The summed E-state index contributed by atoms with van der Waals surface area (Å²) in [4.78, 5) is 0. The van der Waals surface area contributed by atoms with E-state index in [1.165, 1.54) is 12.8 Å². The van der Waals surface area contributed by atoms with Gasteiger partial charge >= 0.3 is 0 Å². The SMILES string of the molecule is CC(C)[C@H]1C[C@@H]2C[C@@H]2N1. The first kappa shape index (κ1) is 5.72. The highest BCUT2D eigenvalue weighted by Gasteiger charge is 2.45. The Balaban J connectivity index is 1.90. The van der Waals surface area contributed by atoms with Crippen molar-refractivity contribution in [3.05, 3.63) is 0 Å². The monoisotopic (exact) mass is 125 g/mol. The molecule has 1 aliphatic carbocycles. The Labute approximate surface area is 56.8 Å². The molecule has 1 heteroatoms. The van der Waals surface area contributed by atoms with Crippen molar-refractivity contribution in [1.82, 2.24) is 5.32 Å². The molecule has 9 heavy (non-hydrogen) atoms. The van der Waals surface area contributed by atoms with Crippen LogP contribution in [0.15, 0.2) is 0 Å². The Morgan fingerprint density at radius 2 is 2.11 bits per heavy atom. The maximum absolute atomic E-state index is 3.63. The minimum absolute atomic E-state index is 0.841. The quantitative estimate of drug-likeness (QED) is 0.558. The Morgan fingerprint density at radius 1 is 1.33 bits per heavy atom. The highest BCUT2D eigenvalue weighted by atomic mass is 15.1. The molecule has 52 valence electrons. The molecule has 2 rings (SSSR count). The molecular formula is C8H15N. The molecule has 1 saturated carbocycles. The first-order chi connectivity index (χ1) is 4.27. The fourth-order valence-electron chi connectivity index (χ4n) is 1.85. The summed E-state index contributed by atoms with van der Waals surface area (Å²) in [5, 5.41) is 3.63. The molecule has 0 aromatic carbocycles. The first-order valence-corrected chi connectivity index (χ1v) is 4.03. The normalized spacial score (nSPS) is 47.7. The maximum Gasteiger partial charge on any atom is 0.0102 e. The van der Waals surface area contributed by atoms with Gasteiger partial charge in [-0.05, 0) is 24.7 Å². The van der Waals surface area contributed by atoms with Gasteiger partial charge in [-0.2, -0.15) is 0 Å². The van der Waals surface area contributed by atoms with Gasteiger partial charge < -0.3 is 5.32 Å². The molecule has 0 spiro atoms. The second kappa shape index (κ2) is 1.72. The molecule has 0 aromatic rings. The van der Waals surface area contributed by atoms with Crippen LogP contribution in [-0.2, 0) is 0 Å². The van der Waals surface area contributed by atoms with Crippen molar-refractivity contribution in [2.75, 3.05) is 0 Å². The van der Waals surface area contributed by atoms with Crippen LogP contribution in [0.25, 0.3) is 0 Å². The lowest BCUT2D eigenvalue weighted by atomic mass is 10.0. The van der Waals surface area contributed by atoms with Crippen LogP contribution in [0, 0.1) is 11.8 Å². The summed E-state index contributed by atoms with van der Waals surface area (Å²) in [7, 11) is 0. The average Bonchev–Trinajstić information content (AvgIpc) is 2.40. The van der Waals surface area contributed by atoms with E-state index in [0.717, 1.165) is 23.9 Å². The van der Waals surface area contributed by atoms with E-state index in [-0.39, 0.29) is 0 Å². The molecule has 0 aromatic heterocycles. The number of piperidine rings is 1. The van der Waals surface area contributed by atoms with E-state index in [0.29, 0.717) is 0 Å². The lowest BCUT2D eigenvalue weighted by Crippen LogP contribution is -2.30. The van der Waals surface area contributed by atoms with E-state index >= 15 is 0 Å². The van der Waals surface area contributed by atoms with E-state index in [1.807, 2.05) is 0 Å². The Bertz CT molecular complexity index is 110. The summed E-state index contributed by atoms with van der Waals surface area (Å²) in [5.74, 6) is 1.91. The third kappa shape index (κ3) is 0.877. The zero-order valence-corrected chi connectivity index (χ0v) is 6.22. The number of hydrogen-bond acceptors (Lipinski definition) is 1. The van der Waals surface area contributed by atoms with Gasteiger partial charge in [0.2, 0.25) is 0 Å². The zero-order chi connectivity index (χ0) is 6.43. The van der Waals surface area contributed by atoms with E-state index in [1.54, 1.807) is 0 Å². The van der Waals surface area contributed by atoms with Crippen molar-refractivity contribution in [2.24, 2.45) is 11.8 Å². The topological polar surface area (TPSA) is 12.0 Å². The lowest BCUT2D eigenvalue weighted by molar-refractivity contribution is 0.416. The minimum Gasteiger partial charge on any atom is -0.311 e. The van der Waals surface area contributed by atoms with Crippen molar-refractivity contribution in [2.45, 2.75) is 38.8 Å². The van der Waals surface area contributed by atoms with Gasteiger partial charge in [0.1, 0.15) is 0 Å². The van der Waals surface area contributed by atoms with Gasteiger partial charge in [-0.1, -0.05) is 13.8 Å². The number of nitrogens with one attached hydrogen (secondary N) is 1. The van der Waals surface area contributed by atoms with Crippen molar-refractivity contribution in [1.29, 1.82) is 0 Å². The average molecular weight is 125 g/mol. The summed E-state index contributed by atoms with van der Waals surface area (Å²) in [6, 6.07) is 1.77. The molecule has 1 aliphatic heterocycles. The lowest BCUT2D eigenvalue weighted by Gasteiger charge is -2.16. The molecule has 0 radical (unpaired) electrons. The second-order valence-corrected chi connectivity index (χ2v) is 3.86. The van der Waals surface area contributed by atoms with E-state index < -0.39 is 0 Å². The first-order valence-electron chi connectivity index (χ1n) is 4.03. The summed E-state index contributed by atoms with van der Waals surface area (Å²) in [5.41, 5.74) is 0. The van der Waals surface area contributed by atoms with Gasteiger partial charge in [0.15, 0.2) is 0 Å². The van der Waals surface area contributed by atoms with E-state index in [4.69, 9.17) is 0 Å². The van der Waals surface area contributed by atoms with Crippen LogP contribution in [0.5, 0.6) is 0 Å². The van der Waals surface area contributed by atoms with Gasteiger partial charge in [0, 0.05) is 12.1 Å². The van der Waals surface area contributed by atoms with E-state index in [2.05, 4.69) is 19.2 Å². The Morgan fingerprint density at radius 3 is 2.44 bits per heavy atom. The molecule has 3 atom stereocenters. The van der Waals surface area contributed by atoms with Crippen LogP contribution in [0.2, 0.25) is 0 Å². The van der Waals surface area contributed by atoms with Gasteiger partial charge in [-0.15, -0.1) is 0 Å². The van der Waals surface area contributed by atoms with Crippen molar-refractivity contribution in [3.8, 4) is 0 Å². The maximum atomic E-state index is 3.63. The molecule has 0 bridgehead atoms. The largest absolute Gasteiger partial charge is 0.311 e. The van der Waals surface area contributed by atoms with Crippen LogP contribution in [0.4, 0.5) is 0 Å². The van der Waals surface area contributed by atoms with Crippen LogP contribution in [0.3, 0.4) is 0 Å². The summed E-state index contributed by atoms with van der Waals surface area (Å²) in [6.07, 6.45) is 2.91. The van der Waals surface area contributed by atoms with Gasteiger partial charge in [0.05, 0.1) is 0 Å². The molecule has 2 aliphatic rings. The highest BCUT2D eigenvalue weighted by Crippen LogP contribution is 2.42. The van der Waals surface area contributed by atoms with Gasteiger partial charge in [-0.25, -0.2) is 0 Å². The third-order valence-corrected chi connectivity index (χ3v) is 2.71. The fourth-order valence-corrected chi connectivity index (χ4v) is 1.85. The Kier molecular flexibility index (Phi) is 1.10. The minimum atomic E-state index is 0.841. The molecular weight excluding hydrogens is 110 g/mol. The van der Waals surface area contributed by atoms with Crippen LogP contribution in [-0.4, -0.2) is 12.1 Å². The molecule has 1 N–H and O–H groups in total. The van der Waals surface area contributed by atoms with Crippen molar-refractivity contribution < 1.29 is 0 Å². The highest BCUT2D eigenvalue weighted by molar-refractivity contribution is 5.03.